The summed E-state index contributed by atoms with van der Waals surface area (Å²) in [5.74, 6) is 0. The minimum atomic E-state index is -0.155. The van der Waals surface area contributed by atoms with Gasteiger partial charge in [-0.1, -0.05) is 30.3 Å². The Labute approximate surface area is 112 Å². The average Bonchev–Trinajstić information content (AvgIpc) is 2.65. The van der Waals surface area contributed by atoms with Crippen LogP contribution in [0, 0.1) is 0 Å². The first kappa shape index (κ1) is 13.4. The van der Waals surface area contributed by atoms with Crippen LogP contribution in [-0.4, -0.2) is 16.5 Å². The largest absolute Gasteiger partial charge is 0.393 e. The van der Waals surface area contributed by atoms with Crippen LogP contribution in [-0.2, 0) is 24.4 Å². The zero-order valence-electron chi connectivity index (χ0n) is 11.3. The summed E-state index contributed by atoms with van der Waals surface area (Å²) >= 11 is 0. The summed E-state index contributed by atoms with van der Waals surface area (Å²) < 4.78 is 8.67. The Morgan fingerprint density at radius 2 is 1.89 bits per heavy atom. The van der Waals surface area contributed by atoms with Crippen LogP contribution in [0.1, 0.15) is 18.2 Å². The Balaban J connectivity index is 2.45. The molecule has 0 atom stereocenters. The molecule has 19 heavy (non-hydrogen) atoms. The predicted molar refractivity (Wildman–Crippen MR) is 75.0 cm³/mol. The van der Waals surface area contributed by atoms with E-state index in [9.17, 15) is 4.79 Å². The maximum atomic E-state index is 12.2. The van der Waals surface area contributed by atoms with Gasteiger partial charge in [0.25, 0.3) is 5.56 Å². The molecule has 0 fully saturated rings. The molecular weight excluding hydrogens is 242 g/mol. The lowest BCUT2D eigenvalue weighted by Gasteiger charge is -2.12. The fraction of sp³-hybridized carbons (Fsp3) is 0.357. The quantitative estimate of drug-likeness (QED) is 0.886. The zero-order valence-corrected chi connectivity index (χ0v) is 11.3. The summed E-state index contributed by atoms with van der Waals surface area (Å²) in [6.07, 6.45) is 0. The molecule has 0 spiro atoms. The van der Waals surface area contributed by atoms with Crippen molar-refractivity contribution < 1.29 is 4.74 Å². The first-order valence-corrected chi connectivity index (χ1v) is 6.29. The molecule has 0 bridgehead atoms. The molecule has 0 aliphatic carbocycles. The van der Waals surface area contributed by atoms with Gasteiger partial charge in [-0.3, -0.25) is 9.48 Å². The summed E-state index contributed by atoms with van der Waals surface area (Å²) in [7, 11) is 1.60. The Hall–Kier alpha value is -2.01. The van der Waals surface area contributed by atoms with E-state index in [1.807, 2.05) is 41.9 Å². The van der Waals surface area contributed by atoms with Crippen LogP contribution in [0.5, 0.6) is 0 Å². The molecule has 0 saturated heterocycles. The van der Waals surface area contributed by atoms with E-state index in [1.54, 1.807) is 11.8 Å². The Kier molecular flexibility index (Phi) is 4.06. The second-order valence-electron chi connectivity index (χ2n) is 4.36. The SMILES string of the molecule is CCn1c(COC)c(N)c(=O)n1Cc1ccccc1. The van der Waals surface area contributed by atoms with Crippen molar-refractivity contribution in [3.63, 3.8) is 0 Å². The van der Waals surface area contributed by atoms with Crippen LogP contribution in [0.2, 0.25) is 0 Å². The van der Waals surface area contributed by atoms with Crippen molar-refractivity contribution in [2.75, 3.05) is 12.8 Å². The average molecular weight is 261 g/mol. The number of nitrogens with two attached hydrogens (primary N) is 1. The maximum Gasteiger partial charge on any atom is 0.290 e. The molecule has 5 heteroatoms. The number of aromatic nitrogens is 2. The Morgan fingerprint density at radius 1 is 1.21 bits per heavy atom. The van der Waals surface area contributed by atoms with Crippen LogP contribution in [0.4, 0.5) is 5.69 Å². The molecule has 0 unspecified atom stereocenters. The lowest BCUT2D eigenvalue weighted by atomic mass is 10.2. The highest BCUT2D eigenvalue weighted by Gasteiger charge is 2.16. The van der Waals surface area contributed by atoms with E-state index in [0.717, 1.165) is 11.3 Å². The fourth-order valence-electron chi connectivity index (χ4n) is 2.22. The third-order valence-corrected chi connectivity index (χ3v) is 3.13. The lowest BCUT2D eigenvalue weighted by Crippen LogP contribution is -2.24. The number of nitrogen functional groups attached to an aromatic ring is 1. The summed E-state index contributed by atoms with van der Waals surface area (Å²) in [4.78, 5) is 12.2. The van der Waals surface area contributed by atoms with Crippen molar-refractivity contribution in [2.45, 2.75) is 26.6 Å². The number of anilines is 1. The summed E-state index contributed by atoms with van der Waals surface area (Å²) in [6.45, 7) is 3.52. The Morgan fingerprint density at radius 3 is 2.47 bits per heavy atom. The van der Waals surface area contributed by atoms with Gasteiger partial charge in [0.1, 0.15) is 5.69 Å². The first-order valence-electron chi connectivity index (χ1n) is 6.29. The van der Waals surface area contributed by atoms with Gasteiger partial charge in [-0.05, 0) is 12.5 Å². The van der Waals surface area contributed by atoms with E-state index in [4.69, 9.17) is 10.5 Å². The molecule has 0 amide bonds. The molecule has 1 aromatic heterocycles. The van der Waals surface area contributed by atoms with Crippen molar-refractivity contribution in [2.24, 2.45) is 0 Å². The third kappa shape index (κ3) is 2.56. The van der Waals surface area contributed by atoms with Crippen LogP contribution in [0.3, 0.4) is 0 Å². The van der Waals surface area contributed by atoms with Gasteiger partial charge in [-0.15, -0.1) is 0 Å². The molecular formula is C14H19N3O2. The molecule has 102 valence electrons. The smallest absolute Gasteiger partial charge is 0.290 e. The van der Waals surface area contributed by atoms with E-state index in [2.05, 4.69) is 0 Å². The highest BCUT2D eigenvalue weighted by Crippen LogP contribution is 2.11. The van der Waals surface area contributed by atoms with Crippen molar-refractivity contribution in [3.8, 4) is 0 Å². The molecule has 0 radical (unpaired) electrons. The van der Waals surface area contributed by atoms with Gasteiger partial charge < -0.3 is 10.5 Å². The van der Waals surface area contributed by atoms with E-state index in [0.29, 0.717) is 19.7 Å². The van der Waals surface area contributed by atoms with Gasteiger partial charge in [-0.25, -0.2) is 4.68 Å². The summed E-state index contributed by atoms with van der Waals surface area (Å²) in [5, 5.41) is 0. The molecule has 0 saturated carbocycles. The standard InChI is InChI=1S/C14H19N3O2/c1-3-16-12(10-19-2)13(15)14(18)17(16)9-11-7-5-4-6-8-11/h4-8H,3,9-10,15H2,1-2H3. The van der Waals surface area contributed by atoms with Gasteiger partial charge in [0.2, 0.25) is 0 Å². The van der Waals surface area contributed by atoms with Crippen LogP contribution in [0.25, 0.3) is 0 Å². The summed E-state index contributed by atoms with van der Waals surface area (Å²) in [5.41, 5.74) is 7.82. The van der Waals surface area contributed by atoms with E-state index in [1.165, 1.54) is 0 Å². The number of hydrogen-bond donors (Lipinski definition) is 1. The van der Waals surface area contributed by atoms with Crippen LogP contribution in [0.15, 0.2) is 35.1 Å². The van der Waals surface area contributed by atoms with Crippen LogP contribution >= 0.6 is 0 Å². The number of hydrogen-bond acceptors (Lipinski definition) is 3. The minimum Gasteiger partial charge on any atom is -0.393 e. The molecule has 1 heterocycles. The molecule has 5 nitrogen and oxygen atoms in total. The normalized spacial score (nSPS) is 10.8. The predicted octanol–water partition coefficient (Wildman–Crippen LogP) is 1.45. The van der Waals surface area contributed by atoms with E-state index in [-0.39, 0.29) is 11.2 Å². The van der Waals surface area contributed by atoms with Crippen molar-refractivity contribution >= 4 is 5.69 Å². The number of benzene rings is 1. The number of rotatable bonds is 5. The topological polar surface area (TPSA) is 62.2 Å². The van der Waals surface area contributed by atoms with Crippen LogP contribution < -0.4 is 11.3 Å². The fourth-order valence-corrected chi connectivity index (χ4v) is 2.22. The van der Waals surface area contributed by atoms with Gasteiger partial charge in [0.05, 0.1) is 18.8 Å². The maximum absolute atomic E-state index is 12.2. The number of ether oxygens (including phenoxy) is 1. The van der Waals surface area contributed by atoms with Crippen molar-refractivity contribution in [3.05, 3.63) is 51.9 Å². The highest BCUT2D eigenvalue weighted by molar-refractivity contribution is 5.41. The van der Waals surface area contributed by atoms with E-state index < -0.39 is 0 Å². The molecule has 2 aromatic rings. The van der Waals surface area contributed by atoms with E-state index >= 15 is 0 Å². The highest BCUT2D eigenvalue weighted by atomic mass is 16.5. The lowest BCUT2D eigenvalue weighted by molar-refractivity contribution is 0.175. The van der Waals surface area contributed by atoms with Gasteiger partial charge in [-0.2, -0.15) is 0 Å². The van der Waals surface area contributed by atoms with Gasteiger partial charge in [0.15, 0.2) is 0 Å². The van der Waals surface area contributed by atoms with Gasteiger partial charge >= 0.3 is 0 Å². The minimum absolute atomic E-state index is 0.155. The monoisotopic (exact) mass is 261 g/mol. The Bertz CT molecular complexity index is 599. The molecule has 2 rings (SSSR count). The second kappa shape index (κ2) is 5.75. The second-order valence-corrected chi connectivity index (χ2v) is 4.36. The molecule has 1 aromatic carbocycles. The molecule has 0 aliphatic rings. The zero-order chi connectivity index (χ0) is 13.8. The van der Waals surface area contributed by atoms with Gasteiger partial charge in [0, 0.05) is 13.7 Å². The summed E-state index contributed by atoms with van der Waals surface area (Å²) in [6, 6.07) is 9.85. The molecule has 2 N–H and O–H groups in total. The van der Waals surface area contributed by atoms with Crippen molar-refractivity contribution in [1.82, 2.24) is 9.36 Å². The first-order chi connectivity index (χ1) is 9.19. The number of methoxy groups -OCH3 is 1. The molecule has 0 aliphatic heterocycles. The van der Waals surface area contributed by atoms with Crippen molar-refractivity contribution in [1.29, 1.82) is 0 Å². The third-order valence-electron chi connectivity index (χ3n) is 3.13. The number of nitrogens with zero attached hydrogens (tertiary/aromatic N) is 2.